The maximum atomic E-state index is 11.5. The number of hydrogen-bond acceptors (Lipinski definition) is 3. The van der Waals surface area contributed by atoms with Gasteiger partial charge in [-0.05, 0) is 38.5 Å². The first-order valence-electron chi connectivity index (χ1n) is 4.51. The van der Waals surface area contributed by atoms with E-state index in [2.05, 4.69) is 0 Å². The number of ether oxygens (including phenoxy) is 1. The van der Waals surface area contributed by atoms with E-state index in [9.17, 15) is 9.90 Å². The van der Waals surface area contributed by atoms with Gasteiger partial charge < -0.3 is 9.84 Å². The number of rotatable bonds is 2. The Balaban J connectivity index is 2.94. The van der Waals surface area contributed by atoms with Gasteiger partial charge in [0, 0.05) is 0 Å². The Kier molecular flexibility index (Phi) is 3.12. The maximum absolute atomic E-state index is 11.5. The van der Waals surface area contributed by atoms with Gasteiger partial charge in [-0.2, -0.15) is 0 Å². The summed E-state index contributed by atoms with van der Waals surface area (Å²) in [5, 5.41) is 9.21. The van der Waals surface area contributed by atoms with Crippen LogP contribution in [0.25, 0.3) is 0 Å². The third-order valence-electron chi connectivity index (χ3n) is 1.78. The number of carbonyl (C=O) groups is 1. The molecule has 0 unspecified atom stereocenters. The molecule has 1 aromatic rings. The normalized spacial score (nSPS) is 10.3. The molecule has 1 rings (SSSR count). The molecule has 0 aliphatic carbocycles. The standard InChI is InChI=1S/C11H14O3/c1-7(2)14-11(13)10-6-9(12)5-4-8(10)3/h4-7,12H,1-3H3. The Labute approximate surface area is 83.3 Å². The minimum Gasteiger partial charge on any atom is -0.508 e. The van der Waals surface area contributed by atoms with Crippen LogP contribution in [-0.4, -0.2) is 17.2 Å². The number of hydrogen-bond donors (Lipinski definition) is 1. The number of phenols is 1. The predicted molar refractivity (Wildman–Crippen MR) is 53.4 cm³/mol. The summed E-state index contributed by atoms with van der Waals surface area (Å²) >= 11 is 0. The van der Waals surface area contributed by atoms with Gasteiger partial charge in [-0.25, -0.2) is 4.79 Å². The molecule has 0 saturated heterocycles. The molecule has 0 amide bonds. The first-order chi connectivity index (χ1) is 6.50. The molecule has 0 atom stereocenters. The van der Waals surface area contributed by atoms with Crippen LogP contribution in [-0.2, 0) is 4.74 Å². The van der Waals surface area contributed by atoms with Gasteiger partial charge in [0.25, 0.3) is 0 Å². The molecule has 0 saturated carbocycles. The van der Waals surface area contributed by atoms with E-state index in [0.29, 0.717) is 5.56 Å². The van der Waals surface area contributed by atoms with Crippen molar-refractivity contribution in [2.75, 3.05) is 0 Å². The number of esters is 1. The molecule has 14 heavy (non-hydrogen) atoms. The maximum Gasteiger partial charge on any atom is 0.338 e. The molecule has 1 aromatic carbocycles. The molecule has 0 aromatic heterocycles. The Morgan fingerprint density at radius 3 is 2.64 bits per heavy atom. The Morgan fingerprint density at radius 2 is 2.07 bits per heavy atom. The van der Waals surface area contributed by atoms with Crippen molar-refractivity contribution >= 4 is 5.97 Å². The number of aromatic hydroxyl groups is 1. The number of aryl methyl sites for hydroxylation is 1. The smallest absolute Gasteiger partial charge is 0.338 e. The fraction of sp³-hybridized carbons (Fsp3) is 0.364. The van der Waals surface area contributed by atoms with Crippen LogP contribution in [0.5, 0.6) is 5.75 Å². The second-order valence-electron chi connectivity index (χ2n) is 3.45. The van der Waals surface area contributed by atoms with Crippen molar-refractivity contribution in [1.82, 2.24) is 0 Å². The van der Waals surface area contributed by atoms with E-state index in [1.807, 2.05) is 0 Å². The molecule has 3 heteroatoms. The third kappa shape index (κ3) is 2.49. The van der Waals surface area contributed by atoms with Gasteiger partial charge in [0.15, 0.2) is 0 Å². The zero-order chi connectivity index (χ0) is 10.7. The minimum absolute atomic E-state index is 0.0753. The third-order valence-corrected chi connectivity index (χ3v) is 1.78. The Hall–Kier alpha value is -1.51. The van der Waals surface area contributed by atoms with E-state index < -0.39 is 5.97 Å². The van der Waals surface area contributed by atoms with Crippen molar-refractivity contribution < 1.29 is 14.6 Å². The summed E-state index contributed by atoms with van der Waals surface area (Å²) < 4.78 is 5.02. The highest BCUT2D eigenvalue weighted by atomic mass is 16.5. The van der Waals surface area contributed by atoms with Gasteiger partial charge in [0.05, 0.1) is 11.7 Å². The van der Waals surface area contributed by atoms with E-state index in [0.717, 1.165) is 5.56 Å². The summed E-state index contributed by atoms with van der Waals surface area (Å²) in [6.07, 6.45) is -0.149. The second kappa shape index (κ2) is 4.13. The fourth-order valence-corrected chi connectivity index (χ4v) is 1.11. The lowest BCUT2D eigenvalue weighted by molar-refractivity contribution is 0.0376. The van der Waals surface area contributed by atoms with Gasteiger partial charge in [0.1, 0.15) is 5.75 Å². The molecule has 3 nitrogen and oxygen atoms in total. The molecule has 0 spiro atoms. The van der Waals surface area contributed by atoms with Crippen LogP contribution in [0.2, 0.25) is 0 Å². The van der Waals surface area contributed by atoms with E-state index in [1.54, 1.807) is 32.9 Å². The topological polar surface area (TPSA) is 46.5 Å². The highest BCUT2D eigenvalue weighted by Crippen LogP contribution is 2.17. The lowest BCUT2D eigenvalue weighted by Gasteiger charge is -2.09. The summed E-state index contributed by atoms with van der Waals surface area (Å²) in [6.45, 7) is 5.38. The highest BCUT2D eigenvalue weighted by molar-refractivity contribution is 5.91. The van der Waals surface area contributed by atoms with Gasteiger partial charge >= 0.3 is 5.97 Å². The number of carbonyl (C=O) groups excluding carboxylic acids is 1. The van der Waals surface area contributed by atoms with Crippen LogP contribution in [0.4, 0.5) is 0 Å². The summed E-state index contributed by atoms with van der Waals surface area (Å²) in [6, 6.07) is 4.65. The van der Waals surface area contributed by atoms with E-state index >= 15 is 0 Å². The van der Waals surface area contributed by atoms with E-state index in [-0.39, 0.29) is 11.9 Å². The lowest BCUT2D eigenvalue weighted by Crippen LogP contribution is -2.12. The van der Waals surface area contributed by atoms with E-state index in [1.165, 1.54) is 6.07 Å². The molecular formula is C11H14O3. The van der Waals surface area contributed by atoms with Crippen LogP contribution >= 0.6 is 0 Å². The second-order valence-corrected chi connectivity index (χ2v) is 3.45. The largest absolute Gasteiger partial charge is 0.508 e. The molecule has 0 aliphatic heterocycles. The monoisotopic (exact) mass is 194 g/mol. The molecule has 0 fully saturated rings. The lowest BCUT2D eigenvalue weighted by atomic mass is 10.1. The molecule has 76 valence electrons. The fourth-order valence-electron chi connectivity index (χ4n) is 1.11. The molecule has 0 aliphatic rings. The molecule has 0 radical (unpaired) electrons. The molecule has 0 bridgehead atoms. The zero-order valence-corrected chi connectivity index (χ0v) is 8.57. The summed E-state index contributed by atoms with van der Waals surface area (Å²) in [5.74, 6) is -0.320. The van der Waals surface area contributed by atoms with Crippen molar-refractivity contribution in [3.8, 4) is 5.75 Å². The van der Waals surface area contributed by atoms with Gasteiger partial charge in [-0.1, -0.05) is 6.07 Å². The Morgan fingerprint density at radius 1 is 1.43 bits per heavy atom. The van der Waals surface area contributed by atoms with Crippen molar-refractivity contribution in [2.24, 2.45) is 0 Å². The zero-order valence-electron chi connectivity index (χ0n) is 8.57. The average Bonchev–Trinajstić information content (AvgIpc) is 2.08. The van der Waals surface area contributed by atoms with Gasteiger partial charge in [-0.3, -0.25) is 0 Å². The predicted octanol–water partition coefficient (Wildman–Crippen LogP) is 2.27. The summed E-state index contributed by atoms with van der Waals surface area (Å²) in [4.78, 5) is 11.5. The van der Waals surface area contributed by atoms with Crippen LogP contribution in [0.3, 0.4) is 0 Å². The average molecular weight is 194 g/mol. The van der Waals surface area contributed by atoms with Crippen molar-refractivity contribution in [3.05, 3.63) is 29.3 Å². The molecule has 0 heterocycles. The molecular weight excluding hydrogens is 180 g/mol. The van der Waals surface area contributed by atoms with Crippen LogP contribution in [0.15, 0.2) is 18.2 Å². The van der Waals surface area contributed by atoms with Gasteiger partial charge in [-0.15, -0.1) is 0 Å². The summed E-state index contributed by atoms with van der Waals surface area (Å²) in [5.41, 5.74) is 1.21. The van der Waals surface area contributed by atoms with Crippen LogP contribution in [0, 0.1) is 6.92 Å². The van der Waals surface area contributed by atoms with Crippen molar-refractivity contribution in [2.45, 2.75) is 26.9 Å². The van der Waals surface area contributed by atoms with Crippen LogP contribution in [0.1, 0.15) is 29.8 Å². The minimum atomic E-state index is -0.395. The van der Waals surface area contributed by atoms with Gasteiger partial charge in [0.2, 0.25) is 0 Å². The van der Waals surface area contributed by atoms with E-state index in [4.69, 9.17) is 4.74 Å². The highest BCUT2D eigenvalue weighted by Gasteiger charge is 2.12. The van der Waals surface area contributed by atoms with Crippen molar-refractivity contribution in [1.29, 1.82) is 0 Å². The molecule has 1 N–H and O–H groups in total. The summed E-state index contributed by atoms with van der Waals surface area (Å²) in [7, 11) is 0. The first-order valence-corrected chi connectivity index (χ1v) is 4.51. The quantitative estimate of drug-likeness (QED) is 0.734. The number of phenolic OH excluding ortho intramolecular Hbond substituents is 1. The SMILES string of the molecule is Cc1ccc(O)cc1C(=O)OC(C)C. The number of benzene rings is 1. The van der Waals surface area contributed by atoms with Crippen molar-refractivity contribution in [3.63, 3.8) is 0 Å². The van der Waals surface area contributed by atoms with Crippen LogP contribution < -0.4 is 0 Å². The Bertz CT molecular complexity index is 342. The first kappa shape index (κ1) is 10.6.